The summed E-state index contributed by atoms with van der Waals surface area (Å²) in [5.74, 6) is -0.897. The van der Waals surface area contributed by atoms with E-state index in [-0.39, 0.29) is 24.1 Å². The molecule has 4 aromatic rings. The second-order valence-electron chi connectivity index (χ2n) is 10.9. The minimum atomic E-state index is -3.55. The topological polar surface area (TPSA) is 102 Å². The van der Waals surface area contributed by atoms with Gasteiger partial charge in [0.15, 0.2) is 11.6 Å². The van der Waals surface area contributed by atoms with Gasteiger partial charge in [0.05, 0.1) is 22.8 Å². The van der Waals surface area contributed by atoms with E-state index in [0.29, 0.717) is 55.9 Å². The zero-order chi connectivity index (χ0) is 29.8. The lowest BCUT2D eigenvalue weighted by Gasteiger charge is -2.38. The summed E-state index contributed by atoms with van der Waals surface area (Å²) in [7, 11) is -3.55. The highest BCUT2D eigenvalue weighted by molar-refractivity contribution is 7.92. The van der Waals surface area contributed by atoms with Gasteiger partial charge in [0.25, 0.3) is 0 Å². The molecule has 2 aliphatic heterocycles. The predicted octanol–water partition coefficient (Wildman–Crippen LogP) is 5.95. The SMILES string of the molecule is C=CS(=O)(=O)N1CCC(n2c([C@@H]3CCCC(=O)N3c3ccc(F)c(F)c3)nc3cc(-c4c(C)noc4C)ccc32)CC1. The van der Waals surface area contributed by atoms with E-state index in [9.17, 15) is 22.0 Å². The number of sulfonamides is 1. The van der Waals surface area contributed by atoms with E-state index < -0.39 is 27.7 Å². The second kappa shape index (κ2) is 10.7. The molecule has 42 heavy (non-hydrogen) atoms. The van der Waals surface area contributed by atoms with Gasteiger partial charge in [-0.2, -0.15) is 4.31 Å². The fourth-order valence-corrected chi connectivity index (χ4v) is 7.25. The summed E-state index contributed by atoms with van der Waals surface area (Å²) in [6.45, 7) is 7.79. The van der Waals surface area contributed by atoms with Crippen LogP contribution in [0.25, 0.3) is 22.2 Å². The Morgan fingerprint density at radius 3 is 2.48 bits per heavy atom. The van der Waals surface area contributed by atoms with E-state index in [1.807, 2.05) is 32.0 Å². The number of benzene rings is 2. The van der Waals surface area contributed by atoms with E-state index in [1.54, 1.807) is 0 Å². The van der Waals surface area contributed by atoms with Gasteiger partial charge >= 0.3 is 0 Å². The number of hydrogen-bond donors (Lipinski definition) is 0. The molecule has 6 rings (SSSR count). The minimum Gasteiger partial charge on any atom is -0.361 e. The van der Waals surface area contributed by atoms with Crippen LogP contribution in [0.5, 0.6) is 0 Å². The monoisotopic (exact) mass is 595 g/mol. The summed E-state index contributed by atoms with van der Waals surface area (Å²) in [5.41, 5.74) is 4.34. The quantitative estimate of drug-likeness (QED) is 0.273. The first-order valence-corrected chi connectivity index (χ1v) is 15.4. The number of amides is 1. The molecule has 0 radical (unpaired) electrons. The second-order valence-corrected chi connectivity index (χ2v) is 12.7. The number of carbonyl (C=O) groups is 1. The molecule has 0 N–H and O–H groups in total. The van der Waals surface area contributed by atoms with E-state index in [1.165, 1.54) is 15.3 Å². The van der Waals surface area contributed by atoms with Gasteiger partial charge in [0.2, 0.25) is 15.9 Å². The summed E-state index contributed by atoms with van der Waals surface area (Å²) < 4.78 is 61.9. The van der Waals surface area contributed by atoms with Crippen molar-refractivity contribution < 1.29 is 26.5 Å². The molecule has 4 heterocycles. The predicted molar refractivity (Wildman–Crippen MR) is 154 cm³/mol. The van der Waals surface area contributed by atoms with Crippen LogP contribution >= 0.6 is 0 Å². The van der Waals surface area contributed by atoms with Gasteiger partial charge in [-0.05, 0) is 69.4 Å². The van der Waals surface area contributed by atoms with Crippen LogP contribution in [0.1, 0.15) is 61.5 Å². The van der Waals surface area contributed by atoms with Crippen molar-refractivity contribution >= 4 is 32.7 Å². The van der Waals surface area contributed by atoms with Crippen molar-refractivity contribution in [3.8, 4) is 11.1 Å². The molecule has 0 unspecified atom stereocenters. The third-order valence-corrected chi connectivity index (χ3v) is 9.83. The van der Waals surface area contributed by atoms with E-state index in [2.05, 4.69) is 16.3 Å². The molecular weight excluding hydrogens is 564 g/mol. The average Bonchev–Trinajstić information content (AvgIpc) is 3.53. The summed E-state index contributed by atoms with van der Waals surface area (Å²) in [6.07, 6.45) is 2.54. The number of hydrogen-bond acceptors (Lipinski definition) is 6. The van der Waals surface area contributed by atoms with Crippen LogP contribution in [0.4, 0.5) is 14.5 Å². The van der Waals surface area contributed by atoms with Crippen molar-refractivity contribution in [3.05, 3.63) is 77.3 Å². The third-order valence-electron chi connectivity index (χ3n) is 8.33. The van der Waals surface area contributed by atoms with Crippen molar-refractivity contribution in [1.29, 1.82) is 0 Å². The number of rotatable bonds is 6. The van der Waals surface area contributed by atoms with Gasteiger partial charge < -0.3 is 14.0 Å². The highest BCUT2D eigenvalue weighted by Gasteiger charge is 2.37. The highest BCUT2D eigenvalue weighted by Crippen LogP contribution is 2.41. The lowest BCUT2D eigenvalue weighted by Crippen LogP contribution is -2.41. The van der Waals surface area contributed by atoms with Crippen molar-refractivity contribution in [2.24, 2.45) is 0 Å². The van der Waals surface area contributed by atoms with Gasteiger partial charge in [-0.1, -0.05) is 17.8 Å². The Labute approximate surface area is 242 Å². The summed E-state index contributed by atoms with van der Waals surface area (Å²) in [5, 5.41) is 5.05. The van der Waals surface area contributed by atoms with Gasteiger partial charge in [-0.15, -0.1) is 0 Å². The largest absolute Gasteiger partial charge is 0.361 e. The number of imidazole rings is 1. The Balaban J connectivity index is 1.49. The molecule has 0 spiro atoms. The van der Waals surface area contributed by atoms with Crippen LogP contribution < -0.4 is 4.90 Å². The number of aromatic nitrogens is 3. The Bertz CT molecular complexity index is 1790. The zero-order valence-electron chi connectivity index (χ0n) is 23.4. The maximum atomic E-state index is 14.3. The number of carbonyl (C=O) groups excluding carboxylic acids is 1. The smallest absolute Gasteiger partial charge is 0.235 e. The standard InChI is InChI=1S/C30H31F2N5O4S/c1-4-42(39,40)35-14-12-21(13-15-35)37-26-11-8-20(29-18(2)34-41-19(29)3)16-25(26)33-30(37)27-6-5-7-28(38)36(27)22-9-10-23(31)24(32)17-22/h4,8-11,16-17,21,27H,1,5-7,12-15H2,2-3H3/t27-/m0/s1. The number of anilines is 1. The summed E-state index contributed by atoms with van der Waals surface area (Å²) in [6, 6.07) is 8.78. The molecule has 2 aliphatic rings. The molecular formula is C30H31F2N5O4S. The molecule has 2 aromatic carbocycles. The molecule has 220 valence electrons. The highest BCUT2D eigenvalue weighted by atomic mass is 32.2. The Morgan fingerprint density at radius 1 is 1.05 bits per heavy atom. The molecule has 1 amide bonds. The molecule has 1 atom stereocenters. The molecule has 0 saturated carbocycles. The maximum absolute atomic E-state index is 14.3. The van der Waals surface area contributed by atoms with Gasteiger partial charge in [0, 0.05) is 48.3 Å². The number of halogens is 2. The van der Waals surface area contributed by atoms with Crippen LogP contribution in [-0.2, 0) is 14.8 Å². The summed E-state index contributed by atoms with van der Waals surface area (Å²) >= 11 is 0. The Hall–Kier alpha value is -3.90. The van der Waals surface area contributed by atoms with Crippen molar-refractivity contribution in [3.63, 3.8) is 0 Å². The van der Waals surface area contributed by atoms with Crippen LogP contribution in [0.2, 0.25) is 0 Å². The first kappa shape index (κ1) is 28.2. The van der Waals surface area contributed by atoms with Crippen molar-refractivity contribution in [2.75, 3.05) is 18.0 Å². The zero-order valence-corrected chi connectivity index (χ0v) is 24.2. The molecule has 2 aromatic heterocycles. The number of piperidine rings is 2. The van der Waals surface area contributed by atoms with Crippen LogP contribution in [0.15, 0.2) is 52.9 Å². The lowest BCUT2D eigenvalue weighted by atomic mass is 9.98. The Kier molecular flexibility index (Phi) is 7.22. The molecule has 0 bridgehead atoms. The molecule has 0 aliphatic carbocycles. The van der Waals surface area contributed by atoms with Gasteiger partial charge in [-0.25, -0.2) is 22.2 Å². The van der Waals surface area contributed by atoms with Crippen LogP contribution in [0, 0.1) is 25.5 Å². The normalized spacial score (nSPS) is 19.1. The number of nitrogens with zero attached hydrogens (tertiary/aromatic N) is 5. The van der Waals surface area contributed by atoms with Crippen molar-refractivity contribution in [2.45, 2.75) is 58.0 Å². The van der Waals surface area contributed by atoms with E-state index >= 15 is 0 Å². The molecule has 12 heteroatoms. The molecule has 2 fully saturated rings. The molecule has 9 nitrogen and oxygen atoms in total. The van der Waals surface area contributed by atoms with Gasteiger partial charge in [-0.3, -0.25) is 4.79 Å². The first-order valence-electron chi connectivity index (χ1n) is 13.9. The van der Waals surface area contributed by atoms with Crippen molar-refractivity contribution in [1.82, 2.24) is 19.0 Å². The number of fused-ring (bicyclic) bond motifs is 1. The lowest BCUT2D eigenvalue weighted by molar-refractivity contribution is -0.120. The fourth-order valence-electron chi connectivity index (χ4n) is 6.32. The first-order chi connectivity index (χ1) is 20.1. The average molecular weight is 596 g/mol. The fraction of sp³-hybridized carbons (Fsp3) is 0.367. The third kappa shape index (κ3) is 4.82. The van der Waals surface area contributed by atoms with Crippen LogP contribution in [-0.4, -0.2) is 46.4 Å². The van der Waals surface area contributed by atoms with E-state index in [0.717, 1.165) is 39.9 Å². The van der Waals surface area contributed by atoms with Crippen LogP contribution in [0.3, 0.4) is 0 Å². The molecule has 2 saturated heterocycles. The van der Waals surface area contributed by atoms with E-state index in [4.69, 9.17) is 9.51 Å². The summed E-state index contributed by atoms with van der Waals surface area (Å²) in [4.78, 5) is 19.9. The minimum absolute atomic E-state index is 0.102. The maximum Gasteiger partial charge on any atom is 0.235 e. The Morgan fingerprint density at radius 2 is 1.81 bits per heavy atom. The number of aryl methyl sites for hydroxylation is 2. The van der Waals surface area contributed by atoms with Gasteiger partial charge in [0.1, 0.15) is 11.6 Å².